The van der Waals surface area contributed by atoms with Crippen LogP contribution < -0.4 is 9.47 Å². The number of ether oxygens (including phenoxy) is 3. The highest BCUT2D eigenvalue weighted by atomic mass is 16.6. The van der Waals surface area contributed by atoms with Gasteiger partial charge in [-0.1, -0.05) is 0 Å². The average molecular weight is 264 g/mol. The van der Waals surface area contributed by atoms with Gasteiger partial charge in [0.2, 0.25) is 0 Å². The highest BCUT2D eigenvalue weighted by Crippen LogP contribution is 2.30. The molecule has 1 aliphatic heterocycles. The van der Waals surface area contributed by atoms with E-state index in [1.807, 2.05) is 0 Å². The average Bonchev–Trinajstić information content (AvgIpc) is 2.75. The minimum absolute atomic E-state index is 0.0735. The molecule has 0 bridgehead atoms. The molecular formula is C15H20O4. The van der Waals surface area contributed by atoms with Gasteiger partial charge in [0.05, 0.1) is 24.4 Å². The molecule has 104 valence electrons. The quantitative estimate of drug-likeness (QED) is 0.767. The fourth-order valence-electron chi connectivity index (χ4n) is 2.24. The molecule has 0 saturated carbocycles. The molecule has 1 atom stereocenters. The largest absolute Gasteiger partial charge is 0.497 e. The summed E-state index contributed by atoms with van der Waals surface area (Å²) in [5, 5.41) is 0. The van der Waals surface area contributed by atoms with Crippen LogP contribution in [0.4, 0.5) is 0 Å². The van der Waals surface area contributed by atoms with Crippen LogP contribution in [-0.2, 0) is 4.74 Å². The zero-order valence-corrected chi connectivity index (χ0v) is 11.6. The summed E-state index contributed by atoms with van der Waals surface area (Å²) in [6, 6.07) is 5.16. The second-order valence-electron chi connectivity index (χ2n) is 5.37. The third kappa shape index (κ3) is 3.47. The lowest BCUT2D eigenvalue weighted by Gasteiger charge is -2.19. The number of hydrogen-bond donors (Lipinski definition) is 0. The second-order valence-corrected chi connectivity index (χ2v) is 5.37. The van der Waals surface area contributed by atoms with Gasteiger partial charge in [0.25, 0.3) is 0 Å². The Labute approximate surface area is 113 Å². The number of rotatable bonds is 5. The molecule has 0 radical (unpaired) electrons. The first-order chi connectivity index (χ1) is 9.04. The van der Waals surface area contributed by atoms with Crippen molar-refractivity contribution in [3.8, 4) is 11.5 Å². The zero-order valence-electron chi connectivity index (χ0n) is 11.6. The maximum atomic E-state index is 11.0. The smallest absolute Gasteiger partial charge is 0.153 e. The van der Waals surface area contributed by atoms with Gasteiger partial charge in [-0.15, -0.1) is 0 Å². The topological polar surface area (TPSA) is 44.8 Å². The van der Waals surface area contributed by atoms with Crippen LogP contribution >= 0.6 is 0 Å². The monoisotopic (exact) mass is 264 g/mol. The van der Waals surface area contributed by atoms with Crippen LogP contribution in [-0.4, -0.2) is 31.7 Å². The summed E-state index contributed by atoms with van der Waals surface area (Å²) in [6.45, 7) is 4.61. The van der Waals surface area contributed by atoms with E-state index in [1.54, 1.807) is 25.3 Å². The van der Waals surface area contributed by atoms with Crippen molar-refractivity contribution in [2.24, 2.45) is 0 Å². The SMILES string of the molecule is COc1ccc(C=O)c(OCC2CCC(C)(C)O2)c1. The van der Waals surface area contributed by atoms with E-state index in [0.717, 1.165) is 19.1 Å². The second kappa shape index (κ2) is 5.61. The Morgan fingerprint density at radius 1 is 1.47 bits per heavy atom. The zero-order chi connectivity index (χ0) is 13.9. The molecule has 1 aliphatic rings. The maximum absolute atomic E-state index is 11.0. The molecule has 0 N–H and O–H groups in total. The molecule has 1 saturated heterocycles. The Morgan fingerprint density at radius 2 is 2.26 bits per heavy atom. The lowest BCUT2D eigenvalue weighted by Crippen LogP contribution is -2.24. The van der Waals surface area contributed by atoms with E-state index in [9.17, 15) is 4.79 Å². The van der Waals surface area contributed by atoms with Crippen LogP contribution in [0.25, 0.3) is 0 Å². The minimum Gasteiger partial charge on any atom is -0.497 e. The minimum atomic E-state index is -0.0735. The van der Waals surface area contributed by atoms with Gasteiger partial charge in [-0.3, -0.25) is 4.79 Å². The number of methoxy groups -OCH3 is 1. The van der Waals surface area contributed by atoms with Crippen molar-refractivity contribution in [2.75, 3.05) is 13.7 Å². The molecule has 1 aromatic carbocycles. The van der Waals surface area contributed by atoms with E-state index >= 15 is 0 Å². The Bertz CT molecular complexity index is 453. The molecule has 1 aromatic rings. The predicted molar refractivity (Wildman–Crippen MR) is 72.1 cm³/mol. The third-order valence-electron chi connectivity index (χ3n) is 3.33. The molecule has 0 amide bonds. The highest BCUT2D eigenvalue weighted by Gasteiger charge is 2.32. The molecule has 19 heavy (non-hydrogen) atoms. The Kier molecular flexibility index (Phi) is 4.10. The van der Waals surface area contributed by atoms with Crippen molar-refractivity contribution in [3.63, 3.8) is 0 Å². The Morgan fingerprint density at radius 3 is 2.84 bits per heavy atom. The van der Waals surface area contributed by atoms with E-state index in [0.29, 0.717) is 23.7 Å². The van der Waals surface area contributed by atoms with Gasteiger partial charge < -0.3 is 14.2 Å². The molecule has 0 aromatic heterocycles. The van der Waals surface area contributed by atoms with Crippen molar-refractivity contribution in [1.29, 1.82) is 0 Å². The fourth-order valence-corrected chi connectivity index (χ4v) is 2.24. The van der Waals surface area contributed by atoms with Crippen LogP contribution in [0.2, 0.25) is 0 Å². The van der Waals surface area contributed by atoms with Gasteiger partial charge in [0.1, 0.15) is 18.1 Å². The summed E-state index contributed by atoms with van der Waals surface area (Å²) in [6.07, 6.45) is 2.88. The fraction of sp³-hybridized carbons (Fsp3) is 0.533. The third-order valence-corrected chi connectivity index (χ3v) is 3.33. The number of benzene rings is 1. The Hall–Kier alpha value is -1.55. The molecule has 0 spiro atoms. The first-order valence-corrected chi connectivity index (χ1v) is 6.48. The van der Waals surface area contributed by atoms with E-state index in [-0.39, 0.29) is 11.7 Å². The summed E-state index contributed by atoms with van der Waals surface area (Å²) in [5.41, 5.74) is 0.452. The number of carbonyl (C=O) groups is 1. The van der Waals surface area contributed by atoms with E-state index in [1.165, 1.54) is 0 Å². The summed E-state index contributed by atoms with van der Waals surface area (Å²) >= 11 is 0. The van der Waals surface area contributed by atoms with Crippen LogP contribution in [0.15, 0.2) is 18.2 Å². The number of hydrogen-bond acceptors (Lipinski definition) is 4. The normalized spacial score (nSPS) is 21.1. The number of aldehydes is 1. The molecule has 1 unspecified atom stereocenters. The summed E-state index contributed by atoms with van der Waals surface area (Å²) in [7, 11) is 1.59. The van der Waals surface area contributed by atoms with Crippen LogP contribution in [0.1, 0.15) is 37.0 Å². The van der Waals surface area contributed by atoms with Gasteiger partial charge in [0, 0.05) is 6.07 Å². The van der Waals surface area contributed by atoms with E-state index < -0.39 is 0 Å². The highest BCUT2D eigenvalue weighted by molar-refractivity contribution is 5.79. The van der Waals surface area contributed by atoms with Crippen molar-refractivity contribution < 1.29 is 19.0 Å². The first kappa shape index (κ1) is 13.9. The standard InChI is InChI=1S/C15H20O4/c1-15(2)7-6-13(19-15)10-18-14-8-12(17-3)5-4-11(14)9-16/h4-5,8-9,13H,6-7,10H2,1-3H3. The molecule has 1 fully saturated rings. The Balaban J connectivity index is 2.00. The molecule has 4 nitrogen and oxygen atoms in total. The summed E-state index contributed by atoms with van der Waals surface area (Å²) < 4.78 is 16.7. The van der Waals surface area contributed by atoms with E-state index in [2.05, 4.69) is 13.8 Å². The van der Waals surface area contributed by atoms with Gasteiger partial charge in [-0.05, 0) is 38.8 Å². The van der Waals surface area contributed by atoms with Gasteiger partial charge in [0.15, 0.2) is 6.29 Å². The lowest BCUT2D eigenvalue weighted by molar-refractivity contribution is -0.0327. The lowest BCUT2D eigenvalue weighted by atomic mass is 10.1. The molecule has 0 aliphatic carbocycles. The molecular weight excluding hydrogens is 244 g/mol. The van der Waals surface area contributed by atoms with Crippen LogP contribution in [0.3, 0.4) is 0 Å². The molecule has 2 rings (SSSR count). The maximum Gasteiger partial charge on any atom is 0.153 e. The molecule has 1 heterocycles. The van der Waals surface area contributed by atoms with Crippen molar-refractivity contribution in [1.82, 2.24) is 0 Å². The van der Waals surface area contributed by atoms with Crippen molar-refractivity contribution in [2.45, 2.75) is 38.4 Å². The van der Waals surface area contributed by atoms with Crippen molar-refractivity contribution >= 4 is 6.29 Å². The van der Waals surface area contributed by atoms with Crippen LogP contribution in [0, 0.1) is 0 Å². The van der Waals surface area contributed by atoms with Crippen molar-refractivity contribution in [3.05, 3.63) is 23.8 Å². The van der Waals surface area contributed by atoms with E-state index in [4.69, 9.17) is 14.2 Å². The number of carbonyl (C=O) groups excluding carboxylic acids is 1. The van der Waals surface area contributed by atoms with Gasteiger partial charge >= 0.3 is 0 Å². The first-order valence-electron chi connectivity index (χ1n) is 6.48. The summed E-state index contributed by atoms with van der Waals surface area (Å²) in [4.78, 5) is 11.0. The summed E-state index contributed by atoms with van der Waals surface area (Å²) in [5.74, 6) is 1.22. The molecule has 4 heteroatoms. The van der Waals surface area contributed by atoms with Gasteiger partial charge in [-0.25, -0.2) is 0 Å². The van der Waals surface area contributed by atoms with Gasteiger partial charge in [-0.2, -0.15) is 0 Å². The predicted octanol–water partition coefficient (Wildman–Crippen LogP) is 2.84. The van der Waals surface area contributed by atoms with Crippen LogP contribution in [0.5, 0.6) is 11.5 Å².